The SMILES string of the molecule is O=C1CC(S(=O)(=O)Cl)CN1c1cnccc1Cl. The summed E-state index contributed by atoms with van der Waals surface area (Å²) in [6, 6.07) is 1.53. The number of nitrogens with zero attached hydrogens (tertiary/aromatic N) is 2. The van der Waals surface area contributed by atoms with Crippen LogP contribution in [0.15, 0.2) is 18.5 Å². The van der Waals surface area contributed by atoms with Gasteiger partial charge in [0.1, 0.15) is 5.25 Å². The maximum atomic E-state index is 11.7. The highest BCUT2D eigenvalue weighted by molar-refractivity contribution is 8.14. The third-order valence-corrected chi connectivity index (χ3v) is 4.71. The zero-order valence-corrected chi connectivity index (χ0v) is 10.8. The van der Waals surface area contributed by atoms with E-state index in [1.165, 1.54) is 23.4 Å². The molecule has 2 rings (SSSR count). The predicted octanol–water partition coefficient (Wildman–Crippen LogP) is 1.41. The van der Waals surface area contributed by atoms with Crippen LogP contribution in [-0.4, -0.2) is 31.1 Å². The van der Waals surface area contributed by atoms with Gasteiger partial charge in [-0.25, -0.2) is 8.42 Å². The number of rotatable bonds is 2. The van der Waals surface area contributed by atoms with Gasteiger partial charge in [0.25, 0.3) is 0 Å². The van der Waals surface area contributed by atoms with Crippen LogP contribution in [0.5, 0.6) is 0 Å². The third-order valence-electron chi connectivity index (χ3n) is 2.53. The van der Waals surface area contributed by atoms with Crippen molar-refractivity contribution in [2.24, 2.45) is 0 Å². The van der Waals surface area contributed by atoms with E-state index in [4.69, 9.17) is 22.3 Å². The molecule has 5 nitrogen and oxygen atoms in total. The highest BCUT2D eigenvalue weighted by Gasteiger charge is 2.38. The highest BCUT2D eigenvalue weighted by atomic mass is 35.7. The second-order valence-corrected chi connectivity index (χ2v) is 6.95. The molecule has 1 atom stereocenters. The third kappa shape index (κ3) is 2.53. The lowest BCUT2D eigenvalue weighted by molar-refractivity contribution is -0.117. The lowest BCUT2D eigenvalue weighted by atomic mass is 10.4. The van der Waals surface area contributed by atoms with Crippen molar-refractivity contribution in [3.05, 3.63) is 23.5 Å². The monoisotopic (exact) mass is 294 g/mol. The van der Waals surface area contributed by atoms with Crippen LogP contribution >= 0.6 is 22.3 Å². The van der Waals surface area contributed by atoms with Gasteiger partial charge in [-0.2, -0.15) is 0 Å². The van der Waals surface area contributed by atoms with Crippen molar-refractivity contribution in [1.82, 2.24) is 4.98 Å². The molecule has 1 aliphatic rings. The zero-order valence-electron chi connectivity index (χ0n) is 8.51. The summed E-state index contributed by atoms with van der Waals surface area (Å²) in [5.41, 5.74) is 0.405. The van der Waals surface area contributed by atoms with Gasteiger partial charge in [0.15, 0.2) is 0 Å². The van der Waals surface area contributed by atoms with Crippen LogP contribution in [0.4, 0.5) is 5.69 Å². The van der Waals surface area contributed by atoms with Crippen LogP contribution in [0.3, 0.4) is 0 Å². The number of carbonyl (C=O) groups excluding carboxylic acids is 1. The molecule has 0 aliphatic carbocycles. The van der Waals surface area contributed by atoms with Crippen molar-refractivity contribution in [3.8, 4) is 0 Å². The summed E-state index contributed by atoms with van der Waals surface area (Å²) in [4.78, 5) is 16.8. The number of carbonyl (C=O) groups is 1. The summed E-state index contributed by atoms with van der Waals surface area (Å²) < 4.78 is 22.4. The maximum absolute atomic E-state index is 11.7. The van der Waals surface area contributed by atoms with E-state index in [-0.39, 0.29) is 18.9 Å². The van der Waals surface area contributed by atoms with Gasteiger partial charge in [-0.1, -0.05) is 11.6 Å². The molecule has 8 heteroatoms. The zero-order chi connectivity index (χ0) is 12.6. The van der Waals surface area contributed by atoms with Crippen molar-refractivity contribution in [1.29, 1.82) is 0 Å². The molecule has 0 aromatic carbocycles. The van der Waals surface area contributed by atoms with Crippen LogP contribution in [0.25, 0.3) is 0 Å². The van der Waals surface area contributed by atoms with Gasteiger partial charge in [0, 0.05) is 29.8 Å². The molecule has 0 bridgehead atoms. The van der Waals surface area contributed by atoms with Crippen LogP contribution in [-0.2, 0) is 13.8 Å². The fourth-order valence-corrected chi connectivity index (χ4v) is 2.90. The van der Waals surface area contributed by atoms with E-state index in [9.17, 15) is 13.2 Å². The molecule has 1 aliphatic heterocycles. The molecule has 0 saturated carbocycles. The van der Waals surface area contributed by atoms with Crippen LogP contribution in [0, 0.1) is 0 Å². The topological polar surface area (TPSA) is 67.3 Å². The molecule has 1 aromatic rings. The predicted molar refractivity (Wildman–Crippen MR) is 64.8 cm³/mol. The van der Waals surface area contributed by atoms with E-state index in [1.54, 1.807) is 0 Å². The molecule has 17 heavy (non-hydrogen) atoms. The fourth-order valence-electron chi connectivity index (χ4n) is 1.66. The van der Waals surface area contributed by atoms with Gasteiger partial charge in [-0.15, -0.1) is 0 Å². The average Bonchev–Trinajstić information content (AvgIpc) is 2.61. The Morgan fingerprint density at radius 3 is 2.71 bits per heavy atom. The second kappa shape index (κ2) is 4.44. The lowest BCUT2D eigenvalue weighted by Crippen LogP contribution is -2.27. The van der Waals surface area contributed by atoms with E-state index in [0.29, 0.717) is 10.7 Å². The first-order valence-electron chi connectivity index (χ1n) is 4.73. The minimum absolute atomic E-state index is 0.0100. The van der Waals surface area contributed by atoms with E-state index < -0.39 is 14.3 Å². The number of halogens is 2. The van der Waals surface area contributed by atoms with Gasteiger partial charge < -0.3 is 4.90 Å². The summed E-state index contributed by atoms with van der Waals surface area (Å²) in [7, 11) is 1.50. The molecule has 92 valence electrons. The number of aromatic nitrogens is 1. The minimum atomic E-state index is -3.74. The van der Waals surface area contributed by atoms with Crippen molar-refractivity contribution in [3.63, 3.8) is 0 Å². The maximum Gasteiger partial charge on any atom is 0.237 e. The highest BCUT2D eigenvalue weighted by Crippen LogP contribution is 2.30. The standard InChI is InChI=1S/C9H8Cl2N2O3S/c10-7-1-2-12-4-8(7)13-5-6(3-9(13)14)17(11,15)16/h1-2,4,6H,3,5H2. The molecule has 1 amide bonds. The number of amides is 1. The quantitative estimate of drug-likeness (QED) is 0.774. The van der Waals surface area contributed by atoms with E-state index >= 15 is 0 Å². The number of anilines is 1. The first-order chi connectivity index (χ1) is 7.89. The van der Waals surface area contributed by atoms with Gasteiger partial charge >= 0.3 is 0 Å². The van der Waals surface area contributed by atoms with Crippen LogP contribution in [0.1, 0.15) is 6.42 Å². The molecule has 2 heterocycles. The van der Waals surface area contributed by atoms with Crippen LogP contribution in [0.2, 0.25) is 5.02 Å². The van der Waals surface area contributed by atoms with Crippen molar-refractivity contribution >= 4 is 42.9 Å². The van der Waals surface area contributed by atoms with Gasteiger partial charge in [-0.3, -0.25) is 9.78 Å². The Morgan fingerprint density at radius 1 is 1.47 bits per heavy atom. The molecular formula is C9H8Cl2N2O3S. The normalized spacial score (nSPS) is 20.9. The Bertz CT molecular complexity index is 561. The first-order valence-corrected chi connectivity index (χ1v) is 7.48. The van der Waals surface area contributed by atoms with Crippen molar-refractivity contribution in [2.45, 2.75) is 11.7 Å². The summed E-state index contributed by atoms with van der Waals surface area (Å²) in [5.74, 6) is -0.325. The number of pyridine rings is 1. The van der Waals surface area contributed by atoms with E-state index in [0.717, 1.165) is 0 Å². The molecule has 1 fully saturated rings. The minimum Gasteiger partial charge on any atom is -0.308 e. The van der Waals surface area contributed by atoms with Crippen LogP contribution < -0.4 is 4.90 Å². The molecule has 0 N–H and O–H groups in total. The Morgan fingerprint density at radius 2 is 2.18 bits per heavy atom. The van der Waals surface area contributed by atoms with E-state index in [2.05, 4.69) is 4.98 Å². The molecule has 0 spiro atoms. The number of hydrogen-bond acceptors (Lipinski definition) is 4. The number of hydrogen-bond donors (Lipinski definition) is 0. The smallest absolute Gasteiger partial charge is 0.237 e. The molecule has 0 radical (unpaired) electrons. The summed E-state index contributed by atoms with van der Waals surface area (Å²) in [6.07, 6.45) is 2.78. The van der Waals surface area contributed by atoms with Gasteiger partial charge in [0.05, 0.1) is 16.9 Å². The van der Waals surface area contributed by atoms with E-state index in [1.807, 2.05) is 0 Å². The summed E-state index contributed by atoms with van der Waals surface area (Å²) in [5, 5.41) is -0.547. The fraction of sp³-hybridized carbons (Fsp3) is 0.333. The second-order valence-electron chi connectivity index (χ2n) is 3.63. The largest absolute Gasteiger partial charge is 0.308 e. The van der Waals surface area contributed by atoms with Crippen molar-refractivity contribution < 1.29 is 13.2 Å². The Kier molecular flexibility index (Phi) is 3.29. The Labute approximate surface area is 108 Å². The summed E-state index contributed by atoms with van der Waals surface area (Å²) in [6.45, 7) is 0.0100. The van der Waals surface area contributed by atoms with Gasteiger partial charge in [0.2, 0.25) is 15.0 Å². The molecule has 1 unspecified atom stereocenters. The Balaban J connectivity index is 2.31. The average molecular weight is 295 g/mol. The Hall–Kier alpha value is -0.850. The van der Waals surface area contributed by atoms with Crippen molar-refractivity contribution in [2.75, 3.05) is 11.4 Å². The first kappa shape index (κ1) is 12.6. The summed E-state index contributed by atoms with van der Waals surface area (Å²) >= 11 is 5.92. The molecule has 1 aromatic heterocycles. The lowest BCUT2D eigenvalue weighted by Gasteiger charge is -2.16. The van der Waals surface area contributed by atoms with Gasteiger partial charge in [-0.05, 0) is 6.07 Å². The molecule has 1 saturated heterocycles. The molecular weight excluding hydrogens is 287 g/mol.